The van der Waals surface area contributed by atoms with Gasteiger partial charge in [0.25, 0.3) is 11.8 Å². The van der Waals surface area contributed by atoms with Crippen molar-refractivity contribution in [1.82, 2.24) is 20.9 Å². The van der Waals surface area contributed by atoms with Crippen LogP contribution in [0.3, 0.4) is 0 Å². The Balaban J connectivity index is 2.28. The Hall–Kier alpha value is -3.54. The average molecular weight is 577 g/mol. The number of nitrogens with one attached hydrogen (secondary N) is 3. The minimum atomic E-state index is -1.09. The van der Waals surface area contributed by atoms with Crippen LogP contribution in [0.1, 0.15) is 76.0 Å². The molecule has 2 bridgehead atoms. The lowest BCUT2D eigenvalue weighted by molar-refractivity contribution is -0.153. The number of hydrogen-bond donors (Lipinski definition) is 3. The predicted molar refractivity (Wildman–Crippen MR) is 149 cm³/mol. The summed E-state index contributed by atoms with van der Waals surface area (Å²) in [6, 6.07) is 0.907. The molecule has 0 aromatic carbocycles. The van der Waals surface area contributed by atoms with Gasteiger partial charge >= 0.3 is 5.97 Å². The largest absolute Gasteiger partial charge is 0.456 e. The van der Waals surface area contributed by atoms with Crippen LogP contribution in [0, 0.1) is 11.7 Å². The summed E-state index contributed by atoms with van der Waals surface area (Å²) in [5.74, 6) is -3.42. The first-order valence-corrected chi connectivity index (χ1v) is 14.3. The van der Waals surface area contributed by atoms with Crippen molar-refractivity contribution in [2.24, 2.45) is 5.92 Å². The second-order valence-electron chi connectivity index (χ2n) is 9.51. The molecular weight excluding hydrogens is 539 g/mol. The van der Waals surface area contributed by atoms with Gasteiger partial charge in [0.05, 0.1) is 18.7 Å². The van der Waals surface area contributed by atoms with Crippen molar-refractivity contribution in [3.05, 3.63) is 53.3 Å². The number of aromatic nitrogens is 1. The van der Waals surface area contributed by atoms with Crippen LogP contribution in [0.25, 0.3) is 0 Å². The number of halogens is 1. The zero-order chi connectivity index (χ0) is 29.7. The maximum absolute atomic E-state index is 14.2. The number of fused-ring (bicyclic) bond motifs is 2. The minimum Gasteiger partial charge on any atom is -0.456 e. The van der Waals surface area contributed by atoms with E-state index < -0.39 is 41.7 Å². The molecule has 1 aromatic rings. The summed E-state index contributed by atoms with van der Waals surface area (Å²) in [6.45, 7) is 6.78. The summed E-state index contributed by atoms with van der Waals surface area (Å²) in [5, 5.41) is 7.68. The molecule has 1 aliphatic heterocycles. The summed E-state index contributed by atoms with van der Waals surface area (Å²) in [7, 11) is 0. The van der Waals surface area contributed by atoms with Crippen LogP contribution in [0.4, 0.5) is 4.39 Å². The van der Waals surface area contributed by atoms with Gasteiger partial charge in [-0.1, -0.05) is 51.1 Å². The summed E-state index contributed by atoms with van der Waals surface area (Å²) in [5.41, 5.74) is -0.347. The number of nitrogens with zero attached hydrogens (tertiary/aromatic N) is 1. The molecule has 0 saturated heterocycles. The highest BCUT2D eigenvalue weighted by molar-refractivity contribution is 8.13. The lowest BCUT2D eigenvalue weighted by Crippen LogP contribution is -2.48. The van der Waals surface area contributed by atoms with E-state index in [9.17, 15) is 28.4 Å². The third-order valence-corrected chi connectivity index (χ3v) is 6.78. The van der Waals surface area contributed by atoms with Gasteiger partial charge in [-0.3, -0.25) is 19.2 Å². The molecule has 0 saturated carbocycles. The zero-order valence-corrected chi connectivity index (χ0v) is 24.1. The molecule has 12 heteroatoms. The third kappa shape index (κ3) is 10.9. The number of hydrogen-bond acceptors (Lipinski definition) is 8. The summed E-state index contributed by atoms with van der Waals surface area (Å²) < 4.78 is 19.8. The number of unbranched alkanes of at least 4 members (excludes halogenated alkanes) is 1. The molecule has 0 unspecified atom stereocenters. The molecule has 40 heavy (non-hydrogen) atoms. The average Bonchev–Trinajstić information content (AvgIpc) is 2.90. The SMILES string of the molecule is C/C=C1\NC(=O)c2cc(F)cc(n2)CNC(=O)C[C@@H](/C=C/CCSC(=O)CCCC)OC(=O)[C@H](C(C)C)NC1=O. The quantitative estimate of drug-likeness (QED) is 0.185. The van der Waals surface area contributed by atoms with Gasteiger partial charge in [-0.25, -0.2) is 14.2 Å². The molecular formula is C28H37FN4O6S. The second-order valence-corrected chi connectivity index (χ2v) is 10.7. The van der Waals surface area contributed by atoms with Gasteiger partial charge in [0, 0.05) is 18.2 Å². The molecule has 0 fully saturated rings. The van der Waals surface area contributed by atoms with Crippen molar-refractivity contribution in [3.63, 3.8) is 0 Å². The van der Waals surface area contributed by atoms with Gasteiger partial charge in [-0.15, -0.1) is 0 Å². The molecule has 3 N–H and O–H groups in total. The first-order chi connectivity index (χ1) is 19.0. The Bertz CT molecular complexity index is 1150. The van der Waals surface area contributed by atoms with Crippen molar-refractivity contribution in [2.45, 2.75) is 78.5 Å². The summed E-state index contributed by atoms with van der Waals surface area (Å²) in [6.07, 6.45) is 6.28. The molecule has 0 spiro atoms. The molecule has 0 radical (unpaired) electrons. The monoisotopic (exact) mass is 576 g/mol. The number of pyridine rings is 1. The Labute approximate surface area is 238 Å². The van der Waals surface area contributed by atoms with E-state index in [1.807, 2.05) is 6.92 Å². The molecule has 2 atom stereocenters. The van der Waals surface area contributed by atoms with Gasteiger partial charge in [-0.2, -0.15) is 0 Å². The van der Waals surface area contributed by atoms with E-state index in [2.05, 4.69) is 20.9 Å². The molecule has 2 rings (SSSR count). The lowest BCUT2D eigenvalue weighted by Gasteiger charge is -2.24. The van der Waals surface area contributed by atoms with E-state index in [0.717, 1.165) is 25.0 Å². The Kier molecular flexibility index (Phi) is 13.5. The van der Waals surface area contributed by atoms with Crippen molar-refractivity contribution in [2.75, 3.05) is 5.75 Å². The van der Waals surface area contributed by atoms with Gasteiger partial charge in [0.2, 0.25) is 5.91 Å². The highest BCUT2D eigenvalue weighted by atomic mass is 32.2. The summed E-state index contributed by atoms with van der Waals surface area (Å²) in [4.78, 5) is 67.4. The smallest absolute Gasteiger partial charge is 0.329 e. The van der Waals surface area contributed by atoms with E-state index in [4.69, 9.17) is 4.74 Å². The number of ether oxygens (including phenoxy) is 1. The molecule has 2 heterocycles. The van der Waals surface area contributed by atoms with E-state index in [-0.39, 0.29) is 41.1 Å². The van der Waals surface area contributed by atoms with E-state index in [1.54, 1.807) is 26.0 Å². The topological polar surface area (TPSA) is 144 Å². The maximum atomic E-state index is 14.2. The first kappa shape index (κ1) is 32.7. The predicted octanol–water partition coefficient (Wildman–Crippen LogP) is 3.32. The molecule has 0 aliphatic carbocycles. The van der Waals surface area contributed by atoms with Crippen molar-refractivity contribution in [3.8, 4) is 0 Å². The normalized spacial score (nSPS) is 20.3. The second kappa shape index (κ2) is 16.5. The fraction of sp³-hybridized carbons (Fsp3) is 0.500. The Morgan fingerprint density at radius 1 is 1.23 bits per heavy atom. The lowest BCUT2D eigenvalue weighted by atomic mass is 10.0. The van der Waals surface area contributed by atoms with Crippen molar-refractivity contribution < 1.29 is 33.1 Å². The Morgan fingerprint density at radius 2 is 1.98 bits per heavy atom. The zero-order valence-electron chi connectivity index (χ0n) is 23.3. The van der Waals surface area contributed by atoms with Crippen LogP contribution in [0.5, 0.6) is 0 Å². The van der Waals surface area contributed by atoms with Crippen LogP contribution in [-0.4, -0.2) is 51.7 Å². The fourth-order valence-corrected chi connectivity index (χ4v) is 4.39. The first-order valence-electron chi connectivity index (χ1n) is 13.3. The molecule has 3 amide bonds. The van der Waals surface area contributed by atoms with Gasteiger partial charge in [0.15, 0.2) is 5.12 Å². The molecule has 10 nitrogen and oxygen atoms in total. The van der Waals surface area contributed by atoms with Crippen LogP contribution < -0.4 is 16.0 Å². The highest BCUT2D eigenvalue weighted by Crippen LogP contribution is 2.14. The van der Waals surface area contributed by atoms with E-state index >= 15 is 0 Å². The van der Waals surface area contributed by atoms with Gasteiger partial charge < -0.3 is 20.7 Å². The number of amides is 3. The van der Waals surface area contributed by atoms with Crippen LogP contribution in [0.15, 0.2) is 36.1 Å². The maximum Gasteiger partial charge on any atom is 0.329 e. The number of esters is 1. The Morgan fingerprint density at radius 3 is 2.65 bits per heavy atom. The van der Waals surface area contributed by atoms with E-state index in [0.29, 0.717) is 18.6 Å². The van der Waals surface area contributed by atoms with Crippen molar-refractivity contribution >= 4 is 40.6 Å². The number of carbonyl (C=O) groups is 5. The third-order valence-electron chi connectivity index (χ3n) is 5.82. The fourth-order valence-electron chi connectivity index (χ4n) is 3.62. The molecule has 218 valence electrons. The van der Waals surface area contributed by atoms with Crippen molar-refractivity contribution in [1.29, 1.82) is 0 Å². The summed E-state index contributed by atoms with van der Waals surface area (Å²) >= 11 is 1.23. The number of allylic oxidation sites excluding steroid dienone is 2. The van der Waals surface area contributed by atoms with Gasteiger partial charge in [-0.05, 0) is 37.8 Å². The molecule has 1 aliphatic rings. The van der Waals surface area contributed by atoms with Crippen LogP contribution >= 0.6 is 11.8 Å². The number of thioether (sulfide) groups is 1. The minimum absolute atomic E-state index is 0.0887. The standard InChI is InChI=1S/C28H37FN4O6S/c1-5-7-11-24(35)40-12-9-8-10-20-15-23(34)30-16-19-13-18(29)14-22(31-19)27(37)32-21(6-2)26(36)33-25(17(3)4)28(38)39-20/h6,8,10,13-14,17,20,25H,5,7,9,11-12,15-16H2,1-4H3,(H,30,34)(H,32,37)(H,33,36)/b10-8+,21-6-/t20-,25+/m1/s1. The number of cyclic esters (lactones) is 1. The number of rotatable bonds is 8. The van der Waals surface area contributed by atoms with Gasteiger partial charge in [0.1, 0.15) is 29.4 Å². The van der Waals surface area contributed by atoms with Crippen LogP contribution in [-0.2, 0) is 30.5 Å². The highest BCUT2D eigenvalue weighted by Gasteiger charge is 2.30. The van der Waals surface area contributed by atoms with E-state index in [1.165, 1.54) is 24.8 Å². The molecule has 1 aromatic heterocycles. The number of carbonyl (C=O) groups excluding carboxylic acids is 5. The van der Waals surface area contributed by atoms with Crippen LogP contribution in [0.2, 0.25) is 0 Å².